The summed E-state index contributed by atoms with van der Waals surface area (Å²) in [7, 11) is 0. The number of hydrogen-bond donors (Lipinski definition) is 3. The molecule has 0 spiro atoms. The van der Waals surface area contributed by atoms with Gasteiger partial charge in [-0.1, -0.05) is 62.4 Å². The van der Waals surface area contributed by atoms with Crippen LogP contribution in [0.4, 0.5) is 10.1 Å². The number of aliphatic hydroxyl groups is 2. The fraction of sp³-hybridized carbons (Fsp3) is 0.351. The molecule has 16 heteroatoms. The van der Waals surface area contributed by atoms with Gasteiger partial charge in [-0.3, -0.25) is 9.59 Å². The minimum absolute atomic E-state index is 0.0963. The van der Waals surface area contributed by atoms with E-state index < -0.39 is 59.9 Å². The van der Waals surface area contributed by atoms with Gasteiger partial charge in [0.05, 0.1) is 36.5 Å². The summed E-state index contributed by atoms with van der Waals surface area (Å²) in [5.74, 6) is -1.85. The number of nitrogens with zero attached hydrogens (tertiary/aromatic N) is 3. The number of para-hydroxylation sites is 1. The molecule has 0 fully saturated rings. The number of benzene rings is 3. The van der Waals surface area contributed by atoms with Crippen molar-refractivity contribution in [3.05, 3.63) is 122 Å². The number of ether oxygens (including phenoxy) is 1. The second kappa shape index (κ2) is 19.1. The summed E-state index contributed by atoms with van der Waals surface area (Å²) < 4.78 is 21.1. The van der Waals surface area contributed by atoms with Gasteiger partial charge < -0.3 is 34.5 Å². The molecule has 0 saturated heterocycles. The summed E-state index contributed by atoms with van der Waals surface area (Å²) >= 11 is 0. The summed E-state index contributed by atoms with van der Waals surface area (Å²) in [6.45, 7) is 2.91. The third kappa shape index (κ3) is 11.6. The molecule has 0 radical (unpaired) electrons. The molecule has 4 rings (SSSR count). The lowest BCUT2D eigenvalue weighted by Gasteiger charge is -2.20. The number of aromatic nitrogens is 1. The molecule has 3 atom stereocenters. The summed E-state index contributed by atoms with van der Waals surface area (Å²) in [4.78, 5) is 56.0. The van der Waals surface area contributed by atoms with Crippen LogP contribution in [0.15, 0.2) is 84.9 Å². The number of hydrogen-bond acceptors (Lipinski definition) is 11. The van der Waals surface area contributed by atoms with E-state index >= 15 is 0 Å². The Kier molecular flexibility index (Phi) is 14.4. The van der Waals surface area contributed by atoms with Crippen molar-refractivity contribution in [2.24, 2.45) is 0 Å². The van der Waals surface area contributed by atoms with Crippen molar-refractivity contribution < 1.29 is 48.8 Å². The van der Waals surface area contributed by atoms with E-state index in [0.29, 0.717) is 33.8 Å². The molecule has 0 bridgehead atoms. The Morgan fingerprint density at radius 2 is 1.51 bits per heavy atom. The predicted octanol–water partition coefficient (Wildman–Crippen LogP) is 5.95. The molecule has 1 amide bonds. The molecule has 4 aromatic rings. The molecule has 0 saturated carbocycles. The number of esters is 1. The highest BCUT2D eigenvalue weighted by atomic mass is 19.1. The van der Waals surface area contributed by atoms with Gasteiger partial charge in [-0.05, 0) is 66.3 Å². The lowest BCUT2D eigenvalue weighted by molar-refractivity contribution is -0.790. The van der Waals surface area contributed by atoms with Crippen LogP contribution < -0.4 is 5.32 Å². The van der Waals surface area contributed by atoms with Crippen LogP contribution in [0.3, 0.4) is 0 Å². The first-order chi connectivity index (χ1) is 25.3. The van der Waals surface area contributed by atoms with Crippen molar-refractivity contribution >= 4 is 17.6 Å². The zero-order valence-corrected chi connectivity index (χ0v) is 29.1. The summed E-state index contributed by atoms with van der Waals surface area (Å²) in [6, 6.07) is 24.3. The number of halogens is 1. The first-order valence-corrected chi connectivity index (χ1v) is 16.9. The largest absolute Gasteiger partial charge is 0.466 e. The minimum Gasteiger partial charge on any atom is -0.466 e. The molecule has 15 nitrogen and oxygen atoms in total. The van der Waals surface area contributed by atoms with E-state index in [9.17, 15) is 44.4 Å². The van der Waals surface area contributed by atoms with Gasteiger partial charge in [-0.2, -0.15) is 0 Å². The van der Waals surface area contributed by atoms with Gasteiger partial charge in [-0.25, -0.2) is 4.39 Å². The minimum atomic E-state index is -1.37. The number of carbonyl (C=O) groups excluding carboxylic acids is 2. The Morgan fingerprint density at radius 3 is 2.11 bits per heavy atom. The van der Waals surface area contributed by atoms with Crippen LogP contribution in [-0.2, 0) is 25.8 Å². The molecule has 3 aromatic carbocycles. The molecule has 3 N–H and O–H groups in total. The first-order valence-electron chi connectivity index (χ1n) is 16.9. The SMILES string of the molecule is CC(C)c1c(C(=O)Nc2ccccc2)c(-c2ccccc2)c(-c2ccc(F)cc2)n1CCC(O)CC(O)CC(=O)OCCC(CO[N+](=O)[O-])O[N+](=O)[O-]. The van der Waals surface area contributed by atoms with Gasteiger partial charge in [0.2, 0.25) is 0 Å². The first kappa shape index (κ1) is 39.9. The zero-order chi connectivity index (χ0) is 38.5. The molecule has 1 heterocycles. The molecule has 0 aliphatic rings. The maximum Gasteiger partial charge on any atom is 0.308 e. The maximum absolute atomic E-state index is 14.2. The van der Waals surface area contributed by atoms with E-state index in [1.165, 1.54) is 12.1 Å². The van der Waals surface area contributed by atoms with Crippen LogP contribution >= 0.6 is 0 Å². The van der Waals surface area contributed by atoms with E-state index in [-0.39, 0.29) is 37.6 Å². The fourth-order valence-electron chi connectivity index (χ4n) is 5.99. The Bertz CT molecular complexity index is 1840. The van der Waals surface area contributed by atoms with Crippen molar-refractivity contribution in [2.45, 2.75) is 70.3 Å². The Morgan fingerprint density at radius 1 is 0.868 bits per heavy atom. The normalized spacial score (nSPS) is 12.8. The molecule has 0 aliphatic carbocycles. The summed E-state index contributed by atoms with van der Waals surface area (Å²) in [5, 5.41) is 43.4. The van der Waals surface area contributed by atoms with Crippen molar-refractivity contribution in [3.63, 3.8) is 0 Å². The van der Waals surface area contributed by atoms with Crippen molar-refractivity contribution in [1.82, 2.24) is 4.57 Å². The highest BCUT2D eigenvalue weighted by Crippen LogP contribution is 2.42. The Hall–Kier alpha value is -5.87. The van der Waals surface area contributed by atoms with Crippen molar-refractivity contribution in [2.75, 3.05) is 18.5 Å². The third-order valence-corrected chi connectivity index (χ3v) is 8.23. The third-order valence-electron chi connectivity index (χ3n) is 8.23. The second-order valence-corrected chi connectivity index (χ2v) is 12.5. The van der Waals surface area contributed by atoms with Crippen LogP contribution in [0, 0.1) is 26.0 Å². The highest BCUT2D eigenvalue weighted by molar-refractivity contribution is 6.12. The van der Waals surface area contributed by atoms with E-state index in [1.807, 2.05) is 66.9 Å². The maximum atomic E-state index is 14.2. The highest BCUT2D eigenvalue weighted by Gasteiger charge is 2.31. The number of amides is 1. The van der Waals surface area contributed by atoms with Crippen LogP contribution in [0.5, 0.6) is 0 Å². The lowest BCUT2D eigenvalue weighted by Crippen LogP contribution is -2.27. The van der Waals surface area contributed by atoms with Gasteiger partial charge >= 0.3 is 5.97 Å². The number of nitrogens with one attached hydrogen (secondary N) is 1. The van der Waals surface area contributed by atoms with E-state index in [2.05, 4.69) is 15.0 Å². The lowest BCUT2D eigenvalue weighted by atomic mass is 9.94. The predicted molar refractivity (Wildman–Crippen MR) is 190 cm³/mol. The molecule has 0 aliphatic heterocycles. The molecule has 1 aromatic heterocycles. The van der Waals surface area contributed by atoms with Crippen LogP contribution in [0.2, 0.25) is 0 Å². The van der Waals surface area contributed by atoms with E-state index in [1.54, 1.807) is 24.3 Å². The average molecular weight is 737 g/mol. The number of anilines is 1. The quantitative estimate of drug-likeness (QED) is 0.0549. The summed E-state index contributed by atoms with van der Waals surface area (Å²) in [6.07, 6.45) is -4.71. The number of carbonyl (C=O) groups is 2. The smallest absolute Gasteiger partial charge is 0.308 e. The monoisotopic (exact) mass is 736 g/mol. The van der Waals surface area contributed by atoms with E-state index in [0.717, 1.165) is 5.56 Å². The van der Waals surface area contributed by atoms with Crippen LogP contribution in [0.1, 0.15) is 61.5 Å². The van der Waals surface area contributed by atoms with Gasteiger partial charge in [0.25, 0.3) is 16.1 Å². The molecule has 3 unspecified atom stereocenters. The van der Waals surface area contributed by atoms with Crippen molar-refractivity contribution in [1.29, 1.82) is 0 Å². The van der Waals surface area contributed by atoms with E-state index in [4.69, 9.17) is 4.74 Å². The molecule has 282 valence electrons. The summed E-state index contributed by atoms with van der Waals surface area (Å²) in [5.41, 5.74) is 4.35. The fourth-order valence-corrected chi connectivity index (χ4v) is 5.99. The molecular formula is C37H41FN4O11. The zero-order valence-electron chi connectivity index (χ0n) is 29.1. The van der Waals surface area contributed by atoms with Gasteiger partial charge in [0, 0.05) is 29.9 Å². The van der Waals surface area contributed by atoms with Gasteiger partial charge in [0.1, 0.15) is 18.5 Å². The molecular weight excluding hydrogens is 695 g/mol. The number of rotatable bonds is 20. The van der Waals surface area contributed by atoms with Gasteiger partial charge in [-0.15, -0.1) is 20.2 Å². The second-order valence-electron chi connectivity index (χ2n) is 12.5. The van der Waals surface area contributed by atoms with Crippen molar-refractivity contribution in [3.8, 4) is 22.4 Å². The standard InChI is InChI=1S/C37H41FN4O11/c1-24(2)35-34(37(46)39-28-11-7-4-8-12-28)33(25-9-5-3-6-10-25)36(26-13-15-27(38)16-14-26)40(35)19-17-29(43)21-30(44)22-32(45)51-20-18-31(53-42(49)50)23-52-41(47)48/h3-16,24,29-31,43-44H,17-23H2,1-2H3,(H,39,46). The average Bonchev–Trinajstić information content (AvgIpc) is 3.46. The molecule has 53 heavy (non-hydrogen) atoms. The van der Waals surface area contributed by atoms with Crippen LogP contribution in [0.25, 0.3) is 22.4 Å². The topological polar surface area (TPSA) is 206 Å². The Labute approximate surface area is 304 Å². The Balaban J connectivity index is 1.56. The van der Waals surface area contributed by atoms with Gasteiger partial charge in [0.15, 0.2) is 0 Å². The number of aliphatic hydroxyl groups excluding tert-OH is 2. The van der Waals surface area contributed by atoms with Crippen LogP contribution in [-0.4, -0.2) is 68.4 Å².